The molecule has 0 atom stereocenters. The molecule has 0 radical (unpaired) electrons. The third-order valence-electron chi connectivity index (χ3n) is 4.38. The van der Waals surface area contributed by atoms with E-state index >= 15 is 0 Å². The SMILES string of the molecule is COc1ccc2c(=O)c(-c3ccc(OS(=O)(=O)c4ccccc4)cc3)coc2c1. The lowest BCUT2D eigenvalue weighted by atomic mass is 10.1. The van der Waals surface area contributed by atoms with Gasteiger partial charge in [-0.15, -0.1) is 0 Å². The number of benzene rings is 3. The van der Waals surface area contributed by atoms with Gasteiger partial charge < -0.3 is 13.3 Å². The van der Waals surface area contributed by atoms with Crippen molar-refractivity contribution in [3.8, 4) is 22.6 Å². The molecule has 0 N–H and O–H groups in total. The average Bonchev–Trinajstić information content (AvgIpc) is 2.75. The molecule has 0 bridgehead atoms. The Morgan fingerprint density at radius 2 is 1.55 bits per heavy atom. The minimum absolute atomic E-state index is 0.0645. The second-order valence-corrected chi connectivity index (χ2v) is 7.76. The zero-order chi connectivity index (χ0) is 20.4. The van der Waals surface area contributed by atoms with Crippen molar-refractivity contribution in [2.75, 3.05) is 7.11 Å². The summed E-state index contributed by atoms with van der Waals surface area (Å²) in [4.78, 5) is 12.9. The van der Waals surface area contributed by atoms with Gasteiger partial charge in [-0.05, 0) is 42.0 Å². The van der Waals surface area contributed by atoms with E-state index in [1.807, 2.05) is 0 Å². The highest BCUT2D eigenvalue weighted by Gasteiger charge is 2.16. The van der Waals surface area contributed by atoms with Crippen LogP contribution in [-0.4, -0.2) is 15.5 Å². The normalized spacial score (nSPS) is 11.3. The average molecular weight is 408 g/mol. The molecule has 0 aliphatic carbocycles. The fourth-order valence-corrected chi connectivity index (χ4v) is 3.84. The lowest BCUT2D eigenvalue weighted by Gasteiger charge is -2.08. The maximum absolute atomic E-state index is 12.8. The van der Waals surface area contributed by atoms with E-state index in [1.54, 1.807) is 48.5 Å². The van der Waals surface area contributed by atoms with Crippen LogP contribution in [0.2, 0.25) is 0 Å². The van der Waals surface area contributed by atoms with Crippen molar-refractivity contribution in [3.63, 3.8) is 0 Å². The van der Waals surface area contributed by atoms with Gasteiger partial charge in [0.05, 0.1) is 18.1 Å². The molecule has 0 aliphatic heterocycles. The van der Waals surface area contributed by atoms with Gasteiger partial charge >= 0.3 is 10.1 Å². The first-order valence-electron chi connectivity index (χ1n) is 8.67. The van der Waals surface area contributed by atoms with Gasteiger partial charge in [0.1, 0.15) is 28.2 Å². The van der Waals surface area contributed by atoms with Crippen molar-refractivity contribution in [2.45, 2.75) is 4.90 Å². The van der Waals surface area contributed by atoms with Crippen LogP contribution in [0.4, 0.5) is 0 Å². The molecule has 0 fully saturated rings. The third-order valence-corrected chi connectivity index (χ3v) is 5.65. The third kappa shape index (κ3) is 3.72. The van der Waals surface area contributed by atoms with Gasteiger partial charge in [0.2, 0.25) is 0 Å². The van der Waals surface area contributed by atoms with E-state index in [9.17, 15) is 13.2 Å². The van der Waals surface area contributed by atoms with Crippen LogP contribution in [0.25, 0.3) is 22.1 Å². The number of rotatable bonds is 5. The quantitative estimate of drug-likeness (QED) is 0.460. The minimum atomic E-state index is -3.93. The molecule has 7 heteroatoms. The maximum Gasteiger partial charge on any atom is 0.339 e. The Balaban J connectivity index is 1.64. The maximum atomic E-state index is 12.8. The van der Waals surface area contributed by atoms with Gasteiger partial charge in [0.25, 0.3) is 0 Å². The van der Waals surface area contributed by atoms with E-state index in [1.165, 1.54) is 37.6 Å². The zero-order valence-corrected chi connectivity index (χ0v) is 16.2. The number of hydrogen-bond donors (Lipinski definition) is 0. The molecule has 0 spiro atoms. The first kappa shape index (κ1) is 18.8. The predicted octanol–water partition coefficient (Wildman–Crippen LogP) is 4.24. The topological polar surface area (TPSA) is 82.8 Å². The second kappa shape index (κ2) is 7.44. The summed E-state index contributed by atoms with van der Waals surface area (Å²) in [7, 11) is -2.39. The van der Waals surface area contributed by atoms with E-state index in [4.69, 9.17) is 13.3 Å². The zero-order valence-electron chi connectivity index (χ0n) is 15.4. The van der Waals surface area contributed by atoms with Gasteiger partial charge in [0.15, 0.2) is 5.43 Å². The second-order valence-electron chi connectivity index (χ2n) is 6.22. The van der Waals surface area contributed by atoms with E-state index in [2.05, 4.69) is 0 Å². The summed E-state index contributed by atoms with van der Waals surface area (Å²) < 4.78 is 40.5. The summed E-state index contributed by atoms with van der Waals surface area (Å²) in [6.07, 6.45) is 1.38. The van der Waals surface area contributed by atoms with E-state index in [0.717, 1.165) is 0 Å². The monoisotopic (exact) mass is 408 g/mol. The summed E-state index contributed by atoms with van der Waals surface area (Å²) in [6.45, 7) is 0. The minimum Gasteiger partial charge on any atom is -0.497 e. The Morgan fingerprint density at radius 1 is 0.862 bits per heavy atom. The standard InChI is InChI=1S/C22H16O6S/c1-26-17-11-12-19-21(13-17)27-14-20(22(19)23)15-7-9-16(10-8-15)28-29(24,25)18-5-3-2-4-6-18/h2-14H,1H3. The van der Waals surface area contributed by atoms with Crippen molar-refractivity contribution in [3.05, 3.63) is 89.3 Å². The van der Waals surface area contributed by atoms with E-state index in [-0.39, 0.29) is 16.1 Å². The summed E-state index contributed by atoms with van der Waals surface area (Å²) in [5.41, 5.74) is 1.17. The van der Waals surface area contributed by atoms with Crippen LogP contribution < -0.4 is 14.3 Å². The Hall–Kier alpha value is -3.58. The van der Waals surface area contributed by atoms with Gasteiger partial charge in [0, 0.05) is 6.07 Å². The molecule has 146 valence electrons. The van der Waals surface area contributed by atoms with Gasteiger partial charge in [-0.1, -0.05) is 30.3 Å². The summed E-state index contributed by atoms with van der Waals surface area (Å²) in [5, 5.41) is 0.426. The summed E-state index contributed by atoms with van der Waals surface area (Å²) >= 11 is 0. The van der Waals surface area contributed by atoms with Crippen LogP contribution in [-0.2, 0) is 10.1 Å². The molecule has 29 heavy (non-hydrogen) atoms. The van der Waals surface area contributed by atoms with Crippen molar-refractivity contribution in [2.24, 2.45) is 0 Å². The molecule has 1 aromatic heterocycles. The number of methoxy groups -OCH3 is 1. The number of ether oxygens (including phenoxy) is 1. The Kier molecular flexibility index (Phi) is 4.82. The highest BCUT2D eigenvalue weighted by atomic mass is 32.2. The number of hydrogen-bond acceptors (Lipinski definition) is 6. The first-order valence-corrected chi connectivity index (χ1v) is 10.1. The van der Waals surface area contributed by atoms with E-state index < -0.39 is 10.1 Å². The molecule has 1 heterocycles. The van der Waals surface area contributed by atoms with Crippen LogP contribution in [0.3, 0.4) is 0 Å². The Bertz CT molecular complexity index is 1320. The first-order chi connectivity index (χ1) is 14.0. The van der Waals surface area contributed by atoms with Gasteiger partial charge in [-0.25, -0.2) is 0 Å². The molecule has 0 unspecified atom stereocenters. The van der Waals surface area contributed by atoms with Crippen molar-refractivity contribution in [1.82, 2.24) is 0 Å². The lowest BCUT2D eigenvalue weighted by Crippen LogP contribution is -2.09. The van der Waals surface area contributed by atoms with Crippen LogP contribution in [0.1, 0.15) is 0 Å². The van der Waals surface area contributed by atoms with Crippen molar-refractivity contribution >= 4 is 21.1 Å². The summed E-state index contributed by atoms with van der Waals surface area (Å²) in [6, 6.07) is 19.1. The van der Waals surface area contributed by atoms with Crippen LogP contribution in [0.15, 0.2) is 93.2 Å². The molecule has 4 aromatic rings. The Morgan fingerprint density at radius 3 is 2.24 bits per heavy atom. The fourth-order valence-electron chi connectivity index (χ4n) is 2.89. The van der Waals surface area contributed by atoms with Gasteiger partial charge in [-0.3, -0.25) is 4.79 Å². The highest BCUT2D eigenvalue weighted by molar-refractivity contribution is 7.87. The van der Waals surface area contributed by atoms with E-state index in [0.29, 0.717) is 27.8 Å². The van der Waals surface area contributed by atoms with Crippen LogP contribution >= 0.6 is 0 Å². The molecule has 0 saturated carbocycles. The Labute approximate surface area is 167 Å². The molecule has 3 aromatic carbocycles. The molecule has 0 aliphatic rings. The van der Waals surface area contributed by atoms with Crippen molar-refractivity contribution in [1.29, 1.82) is 0 Å². The molecule has 0 amide bonds. The molecule has 6 nitrogen and oxygen atoms in total. The smallest absolute Gasteiger partial charge is 0.339 e. The molecule has 4 rings (SSSR count). The largest absolute Gasteiger partial charge is 0.497 e. The number of fused-ring (bicyclic) bond motifs is 1. The molecular weight excluding hydrogens is 392 g/mol. The lowest BCUT2D eigenvalue weighted by molar-refractivity contribution is 0.414. The molecule has 0 saturated heterocycles. The van der Waals surface area contributed by atoms with Crippen LogP contribution in [0, 0.1) is 0 Å². The van der Waals surface area contributed by atoms with Crippen molar-refractivity contribution < 1.29 is 21.8 Å². The fraction of sp³-hybridized carbons (Fsp3) is 0.0455. The van der Waals surface area contributed by atoms with Crippen LogP contribution in [0.5, 0.6) is 11.5 Å². The highest BCUT2D eigenvalue weighted by Crippen LogP contribution is 2.25. The van der Waals surface area contributed by atoms with Gasteiger partial charge in [-0.2, -0.15) is 8.42 Å². The predicted molar refractivity (Wildman–Crippen MR) is 109 cm³/mol. The summed E-state index contributed by atoms with van der Waals surface area (Å²) in [5.74, 6) is 0.738. The molecular formula is C22H16O6S.